The molecular formula is C37H54Cl2N4O4. The van der Waals surface area contributed by atoms with Gasteiger partial charge in [-0.15, -0.1) is 0 Å². The van der Waals surface area contributed by atoms with Gasteiger partial charge in [0, 0.05) is 62.6 Å². The van der Waals surface area contributed by atoms with E-state index in [0.29, 0.717) is 38.3 Å². The summed E-state index contributed by atoms with van der Waals surface area (Å²) in [5, 5.41) is 6.26. The van der Waals surface area contributed by atoms with Crippen molar-refractivity contribution in [1.82, 2.24) is 15.2 Å². The van der Waals surface area contributed by atoms with Crippen molar-refractivity contribution in [2.45, 2.75) is 66.3 Å². The molecule has 2 heterocycles. The third kappa shape index (κ3) is 13.9. The van der Waals surface area contributed by atoms with Gasteiger partial charge in [-0.25, -0.2) is 9.80 Å². The number of ether oxygens (including phenoxy) is 3. The predicted octanol–water partition coefficient (Wildman–Crippen LogP) is 8.74. The molecule has 1 aromatic rings. The molecule has 0 spiro atoms. The Morgan fingerprint density at radius 3 is 2.55 bits per heavy atom. The van der Waals surface area contributed by atoms with Crippen LogP contribution in [0.2, 0.25) is 0 Å². The van der Waals surface area contributed by atoms with Gasteiger partial charge in [0.2, 0.25) is 0 Å². The Kier molecular flexibility index (Phi) is 19.3. The number of hydrogen-bond acceptors (Lipinski definition) is 7. The lowest BCUT2D eigenvalue weighted by Gasteiger charge is -2.40. The number of nitrogens with two attached hydrogens (primary N) is 1. The first-order valence-electron chi connectivity index (χ1n) is 16.5. The number of methoxy groups -OCH3 is 1. The maximum absolute atomic E-state index is 13.8. The summed E-state index contributed by atoms with van der Waals surface area (Å²) in [5.41, 5.74) is 5.42. The van der Waals surface area contributed by atoms with Gasteiger partial charge in [-0.05, 0) is 86.9 Å². The maximum Gasteiger partial charge on any atom is 0.416 e. The molecular weight excluding hydrogens is 635 g/mol. The molecule has 260 valence electrons. The number of hydrogen-bond donors (Lipinski definition) is 2. The standard InChI is InChI=1S/C34H46Cl2N4O3.C3H8O/c1-5-11-30(22-25(3)24-35)43-34(41)40-20-17-31-26(4)23-28(36)12-7-8-18-38-32(31)33(40)27-13-15-29(16-14-27)42-21-10-9-19-39(37)6-2;1-3-4-2/h5,7-8,11,13-16,22-24,26,33,38H,6,9-10,12,17-21,37H2,1-4H3;3H2,1-2H3/b8-7-,11-5-,25-24+,28-23+,30-22+;. The highest BCUT2D eigenvalue weighted by Gasteiger charge is 2.36. The van der Waals surface area contributed by atoms with Crippen molar-refractivity contribution in [2.24, 2.45) is 11.8 Å². The molecule has 0 saturated carbocycles. The van der Waals surface area contributed by atoms with Crippen molar-refractivity contribution in [3.63, 3.8) is 0 Å². The molecule has 0 fully saturated rings. The lowest BCUT2D eigenvalue weighted by Crippen LogP contribution is -2.44. The van der Waals surface area contributed by atoms with Gasteiger partial charge in [-0.1, -0.05) is 73.5 Å². The summed E-state index contributed by atoms with van der Waals surface area (Å²) in [4.78, 5) is 15.6. The summed E-state index contributed by atoms with van der Waals surface area (Å²) in [6.45, 7) is 14.1. The monoisotopic (exact) mass is 688 g/mol. The van der Waals surface area contributed by atoms with Crippen LogP contribution in [-0.2, 0) is 9.47 Å². The van der Waals surface area contributed by atoms with Crippen LogP contribution in [0.25, 0.3) is 0 Å². The van der Waals surface area contributed by atoms with E-state index in [-0.39, 0.29) is 12.0 Å². The fourth-order valence-electron chi connectivity index (χ4n) is 5.15. The molecule has 2 aliphatic rings. The Labute approximate surface area is 292 Å². The average molecular weight is 690 g/mol. The minimum Gasteiger partial charge on any atom is -0.494 e. The SMILES string of the molecule is CCOC.C\C=C/C(=C\C(C)=C\Cl)OC(=O)N1CCC2=C(NC/C=C\C/C(Cl)=C\C2C)C1c1ccc(OCCCCN(N)CC)cc1. The van der Waals surface area contributed by atoms with Crippen molar-refractivity contribution in [1.29, 1.82) is 0 Å². The number of hydrazine groups is 1. The van der Waals surface area contributed by atoms with Crippen molar-refractivity contribution >= 4 is 29.3 Å². The van der Waals surface area contributed by atoms with Gasteiger partial charge in [0.25, 0.3) is 0 Å². The molecule has 2 atom stereocenters. The molecule has 3 N–H and O–H groups in total. The first-order chi connectivity index (χ1) is 22.7. The largest absolute Gasteiger partial charge is 0.494 e. The molecule has 8 nitrogen and oxygen atoms in total. The second kappa shape index (κ2) is 22.5. The van der Waals surface area contributed by atoms with Gasteiger partial charge in [0.1, 0.15) is 17.6 Å². The first-order valence-corrected chi connectivity index (χ1v) is 17.3. The minimum atomic E-state index is -0.430. The summed E-state index contributed by atoms with van der Waals surface area (Å²) in [5.74, 6) is 7.19. The normalized spacial score (nSPS) is 20.9. The predicted molar refractivity (Wildman–Crippen MR) is 195 cm³/mol. The zero-order chi connectivity index (χ0) is 34.6. The van der Waals surface area contributed by atoms with Gasteiger partial charge >= 0.3 is 6.09 Å². The third-order valence-electron chi connectivity index (χ3n) is 7.74. The number of carbonyl (C=O) groups is 1. The highest BCUT2D eigenvalue weighted by atomic mass is 35.5. The van der Waals surface area contributed by atoms with E-state index < -0.39 is 6.09 Å². The highest BCUT2D eigenvalue weighted by molar-refractivity contribution is 6.29. The van der Waals surface area contributed by atoms with Crippen molar-refractivity contribution in [3.8, 4) is 5.75 Å². The van der Waals surface area contributed by atoms with E-state index >= 15 is 0 Å². The zero-order valence-electron chi connectivity index (χ0n) is 28.9. The van der Waals surface area contributed by atoms with E-state index in [1.54, 1.807) is 29.2 Å². The molecule has 1 aromatic carbocycles. The van der Waals surface area contributed by atoms with E-state index in [9.17, 15) is 4.79 Å². The molecule has 3 rings (SSSR count). The second-order valence-electron chi connectivity index (χ2n) is 11.3. The minimum absolute atomic E-state index is 0.108. The number of halogens is 2. The van der Waals surface area contributed by atoms with E-state index in [0.717, 1.165) is 60.2 Å². The molecule has 0 saturated heterocycles. The Morgan fingerprint density at radius 2 is 1.91 bits per heavy atom. The Balaban J connectivity index is 0.00000181. The van der Waals surface area contributed by atoms with Crippen LogP contribution in [0.5, 0.6) is 5.75 Å². The van der Waals surface area contributed by atoms with Crippen LogP contribution < -0.4 is 15.9 Å². The highest BCUT2D eigenvalue weighted by Crippen LogP contribution is 2.39. The molecule has 2 unspecified atom stereocenters. The number of carbonyl (C=O) groups excluding carboxylic acids is 1. The van der Waals surface area contributed by atoms with Crippen LogP contribution in [0, 0.1) is 5.92 Å². The number of rotatable bonds is 12. The molecule has 2 aliphatic heterocycles. The molecule has 47 heavy (non-hydrogen) atoms. The van der Waals surface area contributed by atoms with Crippen molar-refractivity contribution in [3.05, 3.63) is 99.5 Å². The number of allylic oxidation sites excluding steroid dienone is 7. The van der Waals surface area contributed by atoms with Crippen molar-refractivity contribution in [2.75, 3.05) is 46.5 Å². The number of nitrogens with zero attached hydrogens (tertiary/aromatic N) is 2. The molecule has 0 aliphatic carbocycles. The molecule has 10 heteroatoms. The van der Waals surface area contributed by atoms with Gasteiger partial charge in [-0.3, -0.25) is 10.7 Å². The second-order valence-corrected chi connectivity index (χ2v) is 12.0. The quantitative estimate of drug-likeness (QED) is 0.0567. The van der Waals surface area contributed by atoms with Gasteiger partial charge < -0.3 is 19.5 Å². The smallest absolute Gasteiger partial charge is 0.416 e. The topological polar surface area (TPSA) is 89.3 Å². The van der Waals surface area contributed by atoms with Gasteiger partial charge in [0.05, 0.1) is 6.61 Å². The summed E-state index contributed by atoms with van der Waals surface area (Å²) < 4.78 is 16.5. The summed E-state index contributed by atoms with van der Waals surface area (Å²) in [6.07, 6.45) is 14.4. The van der Waals surface area contributed by atoms with Crippen LogP contribution >= 0.6 is 23.2 Å². The lowest BCUT2D eigenvalue weighted by atomic mass is 9.86. The maximum atomic E-state index is 13.8. The number of unbranched alkanes of at least 4 members (excludes halogenated alkanes) is 1. The summed E-state index contributed by atoms with van der Waals surface area (Å²) in [6, 6.07) is 7.61. The molecule has 0 aromatic heterocycles. The van der Waals surface area contributed by atoms with Gasteiger partial charge in [-0.2, -0.15) is 0 Å². The van der Waals surface area contributed by atoms with E-state index in [1.165, 1.54) is 11.1 Å². The van der Waals surface area contributed by atoms with E-state index in [2.05, 4.69) is 35.2 Å². The molecule has 0 bridgehead atoms. The third-order valence-corrected chi connectivity index (χ3v) is 8.36. The van der Waals surface area contributed by atoms with Crippen LogP contribution in [0.3, 0.4) is 0 Å². The number of nitrogens with one attached hydrogen (secondary N) is 1. The Morgan fingerprint density at radius 1 is 1.19 bits per heavy atom. The fraction of sp³-hybridized carbons (Fsp3) is 0.486. The lowest BCUT2D eigenvalue weighted by molar-refractivity contribution is 0.113. The summed E-state index contributed by atoms with van der Waals surface area (Å²) >= 11 is 12.4. The van der Waals surface area contributed by atoms with E-state index in [1.807, 2.05) is 58.0 Å². The fourth-order valence-corrected chi connectivity index (χ4v) is 5.49. The average Bonchev–Trinajstić information content (AvgIpc) is 3.07. The number of benzene rings is 1. The zero-order valence-corrected chi connectivity index (χ0v) is 30.4. The summed E-state index contributed by atoms with van der Waals surface area (Å²) in [7, 11) is 1.68. The van der Waals surface area contributed by atoms with Gasteiger partial charge in [0.15, 0.2) is 0 Å². The molecule has 1 amide bonds. The first kappa shape index (κ1) is 40.2. The van der Waals surface area contributed by atoms with Crippen molar-refractivity contribution < 1.29 is 19.0 Å². The van der Waals surface area contributed by atoms with E-state index in [4.69, 9.17) is 38.5 Å². The number of amides is 1. The van der Waals surface area contributed by atoms with Crippen LogP contribution in [0.1, 0.15) is 71.9 Å². The Bertz CT molecular complexity index is 1290. The van der Waals surface area contributed by atoms with Crippen LogP contribution in [0.15, 0.2) is 93.9 Å². The molecule has 0 radical (unpaired) electrons. The Hall–Kier alpha value is -3.01. The van der Waals surface area contributed by atoms with Crippen LogP contribution in [0.4, 0.5) is 4.79 Å². The van der Waals surface area contributed by atoms with Crippen LogP contribution in [-0.4, -0.2) is 62.5 Å².